The lowest BCUT2D eigenvalue weighted by molar-refractivity contribution is -0.274. The molecular weight excluding hydrogens is 309 g/mol. The smallest absolute Gasteiger partial charge is 0.406 e. The van der Waals surface area contributed by atoms with Crippen LogP contribution in [0, 0.1) is 11.8 Å². The average molecular weight is 330 g/mol. The second-order valence-corrected chi connectivity index (χ2v) is 5.77. The van der Waals surface area contributed by atoms with Crippen LogP contribution < -0.4 is 15.8 Å². The molecule has 3 N–H and O–H groups in total. The number of alkyl halides is 3. The van der Waals surface area contributed by atoms with Crippen LogP contribution >= 0.6 is 0 Å². The molecule has 1 amide bonds. The van der Waals surface area contributed by atoms with E-state index in [1.165, 1.54) is 12.1 Å². The highest BCUT2D eigenvalue weighted by Gasteiger charge is 2.32. The van der Waals surface area contributed by atoms with Crippen molar-refractivity contribution in [2.24, 2.45) is 17.6 Å². The third-order valence-corrected chi connectivity index (χ3v) is 4.17. The quantitative estimate of drug-likeness (QED) is 0.843. The lowest BCUT2D eigenvalue weighted by Crippen LogP contribution is -2.36. The van der Waals surface area contributed by atoms with Gasteiger partial charge in [0.1, 0.15) is 5.75 Å². The number of nitrogens with one attached hydrogen (secondary N) is 1. The number of ether oxygens (including phenoxy) is 1. The highest BCUT2D eigenvalue weighted by Crippen LogP contribution is 2.30. The number of benzene rings is 1. The van der Waals surface area contributed by atoms with E-state index < -0.39 is 6.36 Å². The van der Waals surface area contributed by atoms with E-state index in [2.05, 4.69) is 10.1 Å². The molecule has 2 rings (SSSR count). The molecule has 7 heteroatoms. The van der Waals surface area contributed by atoms with Crippen molar-refractivity contribution in [1.82, 2.24) is 5.32 Å². The van der Waals surface area contributed by atoms with E-state index in [1.54, 1.807) is 12.1 Å². The van der Waals surface area contributed by atoms with Crippen LogP contribution in [0.3, 0.4) is 0 Å². The molecule has 1 aromatic rings. The predicted octanol–water partition coefficient (Wildman–Crippen LogP) is 2.62. The van der Waals surface area contributed by atoms with Crippen LogP contribution in [-0.4, -0.2) is 25.4 Å². The lowest BCUT2D eigenvalue weighted by Gasteiger charge is -2.17. The highest BCUT2D eigenvalue weighted by molar-refractivity contribution is 5.79. The molecule has 1 aliphatic carbocycles. The van der Waals surface area contributed by atoms with Gasteiger partial charge in [-0.05, 0) is 49.4 Å². The SMILES string of the molecule is NC[C@H]1CCC[C@H]1C(=O)NCCc1ccc(OC(F)(F)F)cc1. The van der Waals surface area contributed by atoms with Gasteiger partial charge < -0.3 is 15.8 Å². The summed E-state index contributed by atoms with van der Waals surface area (Å²) < 4.78 is 40.0. The Morgan fingerprint density at radius 3 is 2.57 bits per heavy atom. The summed E-state index contributed by atoms with van der Waals surface area (Å²) in [6.07, 6.45) is -1.23. The Kier molecular flexibility index (Phi) is 5.87. The molecule has 1 fully saturated rings. The molecule has 128 valence electrons. The molecule has 0 aliphatic heterocycles. The van der Waals surface area contributed by atoms with Gasteiger partial charge in [-0.2, -0.15) is 0 Å². The maximum Gasteiger partial charge on any atom is 0.573 e. The van der Waals surface area contributed by atoms with Gasteiger partial charge in [-0.15, -0.1) is 13.2 Å². The summed E-state index contributed by atoms with van der Waals surface area (Å²) in [5.74, 6) is 0.0216. The van der Waals surface area contributed by atoms with Crippen LogP contribution in [0.1, 0.15) is 24.8 Å². The molecule has 0 bridgehead atoms. The van der Waals surface area contributed by atoms with E-state index in [0.29, 0.717) is 19.5 Å². The Hall–Kier alpha value is -1.76. The van der Waals surface area contributed by atoms with Crippen molar-refractivity contribution < 1.29 is 22.7 Å². The lowest BCUT2D eigenvalue weighted by atomic mass is 9.95. The summed E-state index contributed by atoms with van der Waals surface area (Å²) in [5, 5.41) is 2.88. The van der Waals surface area contributed by atoms with Crippen molar-refractivity contribution in [3.63, 3.8) is 0 Å². The van der Waals surface area contributed by atoms with Gasteiger partial charge in [-0.25, -0.2) is 0 Å². The van der Waals surface area contributed by atoms with E-state index in [0.717, 1.165) is 24.8 Å². The molecule has 4 nitrogen and oxygen atoms in total. The third-order valence-electron chi connectivity index (χ3n) is 4.17. The number of halogens is 3. The minimum Gasteiger partial charge on any atom is -0.406 e. The summed E-state index contributed by atoms with van der Waals surface area (Å²) in [5.41, 5.74) is 6.50. The Balaban J connectivity index is 1.77. The van der Waals surface area contributed by atoms with Crippen molar-refractivity contribution >= 4 is 5.91 Å². The number of amides is 1. The van der Waals surface area contributed by atoms with Gasteiger partial charge >= 0.3 is 6.36 Å². The van der Waals surface area contributed by atoms with Gasteiger partial charge in [-0.1, -0.05) is 18.6 Å². The molecule has 0 saturated heterocycles. The van der Waals surface area contributed by atoms with Crippen LogP contribution in [0.5, 0.6) is 5.75 Å². The topological polar surface area (TPSA) is 64.4 Å². The fraction of sp³-hybridized carbons (Fsp3) is 0.562. The van der Waals surface area contributed by atoms with Gasteiger partial charge in [0.05, 0.1) is 0 Å². The fourth-order valence-corrected chi connectivity index (χ4v) is 2.98. The van der Waals surface area contributed by atoms with Gasteiger partial charge in [0.25, 0.3) is 0 Å². The molecule has 1 saturated carbocycles. The van der Waals surface area contributed by atoms with E-state index >= 15 is 0 Å². The molecule has 0 radical (unpaired) electrons. The van der Waals surface area contributed by atoms with Gasteiger partial charge in [0.2, 0.25) is 5.91 Å². The van der Waals surface area contributed by atoms with Crippen LogP contribution in [0.4, 0.5) is 13.2 Å². The molecule has 0 aromatic heterocycles. The van der Waals surface area contributed by atoms with Gasteiger partial charge in [-0.3, -0.25) is 4.79 Å². The van der Waals surface area contributed by atoms with E-state index in [1.807, 2.05) is 0 Å². The first-order valence-electron chi connectivity index (χ1n) is 7.71. The maximum atomic E-state index is 12.1. The van der Waals surface area contributed by atoms with E-state index in [-0.39, 0.29) is 23.5 Å². The van der Waals surface area contributed by atoms with Crippen molar-refractivity contribution in [3.8, 4) is 5.75 Å². The summed E-state index contributed by atoms with van der Waals surface area (Å²) in [6.45, 7) is 0.977. The molecule has 23 heavy (non-hydrogen) atoms. The molecule has 0 spiro atoms. The monoisotopic (exact) mass is 330 g/mol. The zero-order valence-electron chi connectivity index (χ0n) is 12.7. The van der Waals surface area contributed by atoms with Crippen LogP contribution in [-0.2, 0) is 11.2 Å². The Labute approximate surface area is 133 Å². The summed E-state index contributed by atoms with van der Waals surface area (Å²) in [4.78, 5) is 12.1. The number of nitrogens with two attached hydrogens (primary N) is 1. The fourth-order valence-electron chi connectivity index (χ4n) is 2.98. The Morgan fingerprint density at radius 2 is 1.96 bits per heavy atom. The first kappa shape index (κ1) is 17.6. The van der Waals surface area contributed by atoms with Crippen molar-refractivity contribution in [2.45, 2.75) is 32.0 Å². The van der Waals surface area contributed by atoms with Gasteiger partial charge in [0.15, 0.2) is 0 Å². The van der Waals surface area contributed by atoms with Gasteiger partial charge in [0, 0.05) is 12.5 Å². The van der Waals surface area contributed by atoms with E-state index in [4.69, 9.17) is 5.73 Å². The first-order chi connectivity index (χ1) is 10.9. The second kappa shape index (κ2) is 7.68. The number of carbonyl (C=O) groups excluding carboxylic acids is 1. The summed E-state index contributed by atoms with van der Waals surface area (Å²) >= 11 is 0. The highest BCUT2D eigenvalue weighted by atomic mass is 19.4. The van der Waals surface area contributed by atoms with E-state index in [9.17, 15) is 18.0 Å². The molecule has 0 heterocycles. The second-order valence-electron chi connectivity index (χ2n) is 5.77. The molecule has 1 aromatic carbocycles. The van der Waals surface area contributed by atoms with Crippen LogP contribution in [0.2, 0.25) is 0 Å². The van der Waals surface area contributed by atoms with Crippen LogP contribution in [0.25, 0.3) is 0 Å². The number of hydrogen-bond acceptors (Lipinski definition) is 3. The van der Waals surface area contributed by atoms with Crippen LogP contribution in [0.15, 0.2) is 24.3 Å². The average Bonchev–Trinajstić information content (AvgIpc) is 2.96. The Morgan fingerprint density at radius 1 is 1.26 bits per heavy atom. The third kappa shape index (κ3) is 5.42. The first-order valence-corrected chi connectivity index (χ1v) is 7.71. The number of rotatable bonds is 6. The largest absolute Gasteiger partial charge is 0.573 e. The minimum atomic E-state index is -4.68. The minimum absolute atomic E-state index is 0.0115. The van der Waals surface area contributed by atoms with Crippen molar-refractivity contribution in [1.29, 1.82) is 0 Å². The zero-order valence-corrected chi connectivity index (χ0v) is 12.7. The molecular formula is C16H21F3N2O2. The summed E-state index contributed by atoms with van der Waals surface area (Å²) in [7, 11) is 0. The number of carbonyl (C=O) groups is 1. The maximum absolute atomic E-state index is 12.1. The zero-order chi connectivity index (χ0) is 16.9. The normalized spacial score (nSPS) is 21.2. The predicted molar refractivity (Wildman–Crippen MR) is 79.7 cm³/mol. The van der Waals surface area contributed by atoms with Crippen molar-refractivity contribution in [3.05, 3.63) is 29.8 Å². The number of hydrogen-bond donors (Lipinski definition) is 2. The van der Waals surface area contributed by atoms with Crippen molar-refractivity contribution in [2.75, 3.05) is 13.1 Å². The molecule has 2 atom stereocenters. The summed E-state index contributed by atoms with van der Waals surface area (Å²) in [6, 6.07) is 5.66. The molecule has 1 aliphatic rings. The standard InChI is InChI=1S/C16H21F3N2O2/c17-16(18,19)23-13-6-4-11(5-7-13)8-9-21-15(22)14-3-1-2-12(14)10-20/h4-7,12,14H,1-3,8-10,20H2,(H,21,22)/t12-,14-/m1/s1. The Bertz CT molecular complexity index is 517. The molecule has 0 unspecified atom stereocenters.